The summed E-state index contributed by atoms with van der Waals surface area (Å²) in [6.07, 6.45) is 15.8. The normalized spacial score (nSPS) is 27.0. The van der Waals surface area contributed by atoms with Gasteiger partial charge in [-0.05, 0) is 99.2 Å². The molecule has 0 aliphatic heterocycles. The number of ether oxygens (including phenoxy) is 1. The maximum absolute atomic E-state index is 8.79. The lowest BCUT2D eigenvalue weighted by molar-refractivity contribution is 0.165. The van der Waals surface area contributed by atoms with Gasteiger partial charge < -0.3 is 9.84 Å². The fraction of sp³-hybridized carbons (Fsp3) is 0.778. The number of rotatable bonds is 9. The number of aliphatic hydroxyl groups is 1. The Morgan fingerprint density at radius 2 is 1.31 bits per heavy atom. The van der Waals surface area contributed by atoms with Gasteiger partial charge in [-0.15, -0.1) is 0 Å². The molecule has 29 heavy (non-hydrogen) atoms. The first kappa shape index (κ1) is 24.3. The lowest BCUT2D eigenvalue weighted by Crippen LogP contribution is -2.24. The van der Waals surface area contributed by atoms with E-state index in [1.54, 1.807) is 0 Å². The van der Waals surface area contributed by atoms with Gasteiger partial charge in [0.15, 0.2) is 0 Å². The van der Waals surface area contributed by atoms with Crippen molar-refractivity contribution < 1.29 is 9.84 Å². The molecule has 166 valence electrons. The number of benzene rings is 1. The summed E-state index contributed by atoms with van der Waals surface area (Å²) in [7, 11) is 0. The molecule has 1 aromatic carbocycles. The molecule has 0 atom stereocenters. The zero-order valence-corrected chi connectivity index (χ0v) is 19.4. The maximum Gasteiger partial charge on any atom is 0.119 e. The molecule has 2 heteroatoms. The molecule has 0 aromatic heterocycles. The molecule has 0 bridgehead atoms. The molecule has 2 aliphatic rings. The van der Waals surface area contributed by atoms with Crippen LogP contribution in [-0.2, 0) is 0 Å². The van der Waals surface area contributed by atoms with Crippen molar-refractivity contribution in [2.45, 2.75) is 104 Å². The predicted molar refractivity (Wildman–Crippen MR) is 125 cm³/mol. The number of unbranched alkanes of at least 4 members (excludes halogenated alkanes) is 3. The van der Waals surface area contributed by atoms with Crippen LogP contribution in [0.25, 0.3) is 0 Å². The SMILES string of the molecule is CC.CC1CCC(C2CCC(c3ccc(OCCCCCCO)cc3)CC2)CC1. The Balaban J connectivity index is 0.00000145. The van der Waals surface area contributed by atoms with E-state index in [-0.39, 0.29) is 0 Å². The minimum atomic E-state index is 0.310. The summed E-state index contributed by atoms with van der Waals surface area (Å²) in [4.78, 5) is 0. The molecule has 1 N–H and O–H groups in total. The highest BCUT2D eigenvalue weighted by atomic mass is 16.5. The van der Waals surface area contributed by atoms with E-state index < -0.39 is 0 Å². The minimum Gasteiger partial charge on any atom is -0.494 e. The van der Waals surface area contributed by atoms with Crippen molar-refractivity contribution in [3.8, 4) is 5.75 Å². The molecule has 0 unspecified atom stereocenters. The monoisotopic (exact) mass is 402 g/mol. The average Bonchev–Trinajstić information content (AvgIpc) is 2.79. The van der Waals surface area contributed by atoms with Crippen LogP contribution in [0.15, 0.2) is 24.3 Å². The lowest BCUT2D eigenvalue weighted by Gasteiger charge is -2.37. The van der Waals surface area contributed by atoms with Gasteiger partial charge in [-0.3, -0.25) is 0 Å². The van der Waals surface area contributed by atoms with E-state index in [0.717, 1.165) is 61.7 Å². The Hall–Kier alpha value is -1.02. The van der Waals surface area contributed by atoms with Crippen LogP contribution in [0, 0.1) is 17.8 Å². The minimum absolute atomic E-state index is 0.310. The van der Waals surface area contributed by atoms with Gasteiger partial charge in [0.25, 0.3) is 0 Å². The van der Waals surface area contributed by atoms with Crippen LogP contribution in [0.5, 0.6) is 5.75 Å². The molecule has 2 nitrogen and oxygen atoms in total. The van der Waals surface area contributed by atoms with Crippen LogP contribution in [0.4, 0.5) is 0 Å². The number of hydrogen-bond donors (Lipinski definition) is 1. The van der Waals surface area contributed by atoms with Gasteiger partial charge in [-0.1, -0.05) is 52.2 Å². The second-order valence-corrected chi connectivity index (χ2v) is 9.19. The van der Waals surface area contributed by atoms with Gasteiger partial charge in [0.2, 0.25) is 0 Å². The Bertz CT molecular complexity index is 508. The largest absolute Gasteiger partial charge is 0.494 e. The summed E-state index contributed by atoms with van der Waals surface area (Å²) >= 11 is 0. The zero-order valence-electron chi connectivity index (χ0n) is 19.4. The zero-order chi connectivity index (χ0) is 20.9. The molecule has 1 aromatic rings. The van der Waals surface area contributed by atoms with Crippen molar-refractivity contribution in [3.05, 3.63) is 29.8 Å². The van der Waals surface area contributed by atoms with Gasteiger partial charge in [0.1, 0.15) is 5.75 Å². The van der Waals surface area contributed by atoms with Crippen molar-refractivity contribution in [3.63, 3.8) is 0 Å². The second-order valence-electron chi connectivity index (χ2n) is 9.19. The van der Waals surface area contributed by atoms with Crippen LogP contribution in [-0.4, -0.2) is 18.3 Å². The van der Waals surface area contributed by atoms with Crippen LogP contribution in [0.2, 0.25) is 0 Å². The fourth-order valence-corrected chi connectivity index (χ4v) is 5.27. The fourth-order valence-electron chi connectivity index (χ4n) is 5.27. The van der Waals surface area contributed by atoms with Gasteiger partial charge >= 0.3 is 0 Å². The highest BCUT2D eigenvalue weighted by molar-refractivity contribution is 5.29. The molecule has 2 aliphatic carbocycles. The second kappa shape index (κ2) is 14.1. The first-order valence-corrected chi connectivity index (χ1v) is 12.6. The third-order valence-electron chi connectivity index (χ3n) is 7.17. The van der Waals surface area contributed by atoms with Crippen molar-refractivity contribution in [2.24, 2.45) is 17.8 Å². The quantitative estimate of drug-likeness (QED) is 0.428. The summed E-state index contributed by atoms with van der Waals surface area (Å²) in [5, 5.41) is 8.79. The molecule has 2 saturated carbocycles. The average molecular weight is 403 g/mol. The molecule has 0 amide bonds. The molecular formula is C27H46O2. The van der Waals surface area contributed by atoms with E-state index in [1.807, 2.05) is 13.8 Å². The highest BCUT2D eigenvalue weighted by Gasteiger charge is 2.30. The summed E-state index contributed by atoms with van der Waals surface area (Å²) in [5.41, 5.74) is 1.51. The summed E-state index contributed by atoms with van der Waals surface area (Å²) < 4.78 is 5.87. The van der Waals surface area contributed by atoms with Crippen LogP contribution >= 0.6 is 0 Å². The molecule has 0 heterocycles. The Morgan fingerprint density at radius 1 is 0.759 bits per heavy atom. The Kier molecular flexibility index (Phi) is 11.8. The van der Waals surface area contributed by atoms with Crippen LogP contribution in [0.1, 0.15) is 109 Å². The molecule has 3 rings (SSSR count). The first-order chi connectivity index (χ1) is 14.3. The van der Waals surface area contributed by atoms with E-state index in [1.165, 1.54) is 56.9 Å². The third-order valence-corrected chi connectivity index (χ3v) is 7.17. The van der Waals surface area contributed by atoms with E-state index in [2.05, 4.69) is 31.2 Å². The van der Waals surface area contributed by atoms with Gasteiger partial charge in [-0.25, -0.2) is 0 Å². The number of hydrogen-bond acceptors (Lipinski definition) is 2. The van der Waals surface area contributed by atoms with Crippen molar-refractivity contribution in [1.29, 1.82) is 0 Å². The molecule has 0 spiro atoms. The van der Waals surface area contributed by atoms with Crippen molar-refractivity contribution in [1.82, 2.24) is 0 Å². The third kappa shape index (κ3) is 8.32. The first-order valence-electron chi connectivity index (χ1n) is 12.6. The van der Waals surface area contributed by atoms with Gasteiger partial charge in [0, 0.05) is 6.61 Å². The van der Waals surface area contributed by atoms with Crippen LogP contribution in [0.3, 0.4) is 0 Å². The molecule has 0 saturated heterocycles. The van der Waals surface area contributed by atoms with E-state index in [4.69, 9.17) is 9.84 Å². The van der Waals surface area contributed by atoms with E-state index >= 15 is 0 Å². The standard InChI is InChI=1S/C25H40O2.C2H6/c1-20-6-8-21(9-7-20)22-10-12-23(13-11-22)24-14-16-25(17-15-24)27-19-5-3-2-4-18-26;1-2/h14-17,20-23,26H,2-13,18-19H2,1H3;1-2H3. The Labute approximate surface area is 180 Å². The summed E-state index contributed by atoms with van der Waals surface area (Å²) in [6.45, 7) is 7.53. The summed E-state index contributed by atoms with van der Waals surface area (Å²) in [6, 6.07) is 8.93. The van der Waals surface area contributed by atoms with E-state index in [0.29, 0.717) is 6.61 Å². The molecule has 2 fully saturated rings. The molecular weight excluding hydrogens is 356 g/mol. The molecule has 0 radical (unpaired) electrons. The topological polar surface area (TPSA) is 29.5 Å². The highest BCUT2D eigenvalue weighted by Crippen LogP contribution is 2.43. The summed E-state index contributed by atoms with van der Waals surface area (Å²) in [5.74, 6) is 4.76. The van der Waals surface area contributed by atoms with E-state index in [9.17, 15) is 0 Å². The van der Waals surface area contributed by atoms with Gasteiger partial charge in [0.05, 0.1) is 6.61 Å². The smallest absolute Gasteiger partial charge is 0.119 e. The predicted octanol–water partition coefficient (Wildman–Crippen LogP) is 7.74. The van der Waals surface area contributed by atoms with Crippen molar-refractivity contribution >= 4 is 0 Å². The lowest BCUT2D eigenvalue weighted by atomic mass is 9.68. The Morgan fingerprint density at radius 3 is 1.90 bits per heavy atom. The van der Waals surface area contributed by atoms with Crippen molar-refractivity contribution in [2.75, 3.05) is 13.2 Å². The van der Waals surface area contributed by atoms with Crippen LogP contribution < -0.4 is 4.74 Å². The number of aliphatic hydroxyl groups excluding tert-OH is 1. The van der Waals surface area contributed by atoms with Gasteiger partial charge in [-0.2, -0.15) is 0 Å². The maximum atomic E-state index is 8.79.